The Bertz CT molecular complexity index is 484. The van der Waals surface area contributed by atoms with Crippen molar-refractivity contribution in [2.24, 2.45) is 0 Å². The molecule has 0 amide bonds. The molecule has 0 aliphatic heterocycles. The van der Waals surface area contributed by atoms with Gasteiger partial charge in [0.15, 0.2) is 5.78 Å². The summed E-state index contributed by atoms with van der Waals surface area (Å²) >= 11 is 3.16. The third kappa shape index (κ3) is 2.52. The maximum absolute atomic E-state index is 11.8. The van der Waals surface area contributed by atoms with E-state index in [1.807, 2.05) is 30.7 Å². The number of hydrogen-bond donors (Lipinski definition) is 0. The van der Waals surface area contributed by atoms with Crippen molar-refractivity contribution in [2.45, 2.75) is 20.3 Å². The highest BCUT2D eigenvalue weighted by atomic mass is 32.1. The van der Waals surface area contributed by atoms with Gasteiger partial charge in [-0.05, 0) is 19.9 Å². The van der Waals surface area contributed by atoms with Gasteiger partial charge in [0.2, 0.25) is 0 Å². The highest BCUT2D eigenvalue weighted by molar-refractivity contribution is 7.10. The Morgan fingerprint density at radius 1 is 1.33 bits per heavy atom. The number of aromatic nitrogens is 1. The maximum atomic E-state index is 11.8. The van der Waals surface area contributed by atoms with E-state index in [1.54, 1.807) is 22.7 Å². The summed E-state index contributed by atoms with van der Waals surface area (Å²) in [7, 11) is 0. The summed E-state index contributed by atoms with van der Waals surface area (Å²) in [6.45, 7) is 3.95. The summed E-state index contributed by atoms with van der Waals surface area (Å²) in [4.78, 5) is 17.3. The van der Waals surface area contributed by atoms with Crippen LogP contribution in [0.15, 0.2) is 16.8 Å². The minimum Gasteiger partial charge on any atom is -0.294 e. The van der Waals surface area contributed by atoms with Crippen LogP contribution in [-0.4, -0.2) is 10.8 Å². The molecule has 15 heavy (non-hydrogen) atoms. The standard InChI is InChI=1S/C11H11NOS2/c1-7-5-15-11(12-7)4-10(13)9-3-8(2)14-6-9/h3,5-6H,4H2,1-2H3. The van der Waals surface area contributed by atoms with Crippen molar-refractivity contribution in [2.75, 3.05) is 0 Å². The SMILES string of the molecule is Cc1csc(CC(=O)c2csc(C)c2)n1. The van der Waals surface area contributed by atoms with E-state index >= 15 is 0 Å². The quantitative estimate of drug-likeness (QED) is 0.767. The largest absolute Gasteiger partial charge is 0.294 e. The van der Waals surface area contributed by atoms with E-state index < -0.39 is 0 Å². The number of nitrogens with zero attached hydrogens (tertiary/aromatic N) is 1. The van der Waals surface area contributed by atoms with Crippen molar-refractivity contribution in [3.8, 4) is 0 Å². The first-order chi connectivity index (χ1) is 7.15. The molecular formula is C11H11NOS2. The van der Waals surface area contributed by atoms with Crippen LogP contribution in [0.25, 0.3) is 0 Å². The molecule has 0 radical (unpaired) electrons. The molecule has 2 nitrogen and oxygen atoms in total. The van der Waals surface area contributed by atoms with Crippen LogP contribution in [0.4, 0.5) is 0 Å². The van der Waals surface area contributed by atoms with Crippen LogP contribution in [0.5, 0.6) is 0 Å². The van der Waals surface area contributed by atoms with Crippen molar-refractivity contribution < 1.29 is 4.79 Å². The van der Waals surface area contributed by atoms with Crippen LogP contribution in [0.1, 0.15) is 25.9 Å². The number of thiophene rings is 1. The maximum Gasteiger partial charge on any atom is 0.170 e. The van der Waals surface area contributed by atoms with E-state index in [4.69, 9.17) is 0 Å². The molecule has 0 fully saturated rings. The number of aryl methyl sites for hydroxylation is 2. The van der Waals surface area contributed by atoms with Crippen molar-refractivity contribution in [1.82, 2.24) is 4.98 Å². The average molecular weight is 237 g/mol. The van der Waals surface area contributed by atoms with Gasteiger partial charge in [0.05, 0.1) is 6.42 Å². The lowest BCUT2D eigenvalue weighted by Crippen LogP contribution is -2.01. The molecule has 0 aliphatic carbocycles. The topological polar surface area (TPSA) is 30.0 Å². The van der Waals surface area contributed by atoms with Crippen LogP contribution in [0.3, 0.4) is 0 Å². The number of carbonyl (C=O) groups excluding carboxylic acids is 1. The number of Topliss-reactive ketones (excluding diaryl/α,β-unsaturated/α-hetero) is 1. The summed E-state index contributed by atoms with van der Waals surface area (Å²) in [5.41, 5.74) is 1.80. The summed E-state index contributed by atoms with van der Waals surface area (Å²) in [6.07, 6.45) is 0.425. The Kier molecular flexibility index (Phi) is 2.98. The van der Waals surface area contributed by atoms with Gasteiger partial charge in [-0.25, -0.2) is 4.98 Å². The molecule has 2 aromatic heterocycles. The third-order valence-electron chi connectivity index (χ3n) is 2.03. The number of thiazole rings is 1. The van der Waals surface area contributed by atoms with Gasteiger partial charge in [-0.2, -0.15) is 0 Å². The number of ketones is 1. The van der Waals surface area contributed by atoms with E-state index in [0.29, 0.717) is 6.42 Å². The van der Waals surface area contributed by atoms with E-state index in [9.17, 15) is 4.79 Å². The number of carbonyl (C=O) groups is 1. The molecule has 0 aliphatic rings. The van der Waals surface area contributed by atoms with Gasteiger partial charge < -0.3 is 0 Å². The Balaban J connectivity index is 2.10. The smallest absolute Gasteiger partial charge is 0.170 e. The van der Waals surface area contributed by atoms with Gasteiger partial charge in [-0.1, -0.05) is 0 Å². The lowest BCUT2D eigenvalue weighted by atomic mass is 10.1. The second-order valence-electron chi connectivity index (χ2n) is 3.43. The predicted octanol–water partition coefficient (Wildman–Crippen LogP) is 3.25. The van der Waals surface area contributed by atoms with Gasteiger partial charge in [0.1, 0.15) is 5.01 Å². The fourth-order valence-corrected chi connectivity index (χ4v) is 2.79. The molecule has 0 atom stereocenters. The van der Waals surface area contributed by atoms with Gasteiger partial charge in [-0.3, -0.25) is 4.79 Å². The van der Waals surface area contributed by atoms with E-state index in [0.717, 1.165) is 16.3 Å². The van der Waals surface area contributed by atoms with Gasteiger partial charge >= 0.3 is 0 Å². The Hall–Kier alpha value is -1.00. The third-order valence-corrected chi connectivity index (χ3v) is 3.86. The normalized spacial score (nSPS) is 10.5. The molecule has 78 valence electrons. The molecule has 0 aromatic carbocycles. The summed E-state index contributed by atoms with van der Waals surface area (Å²) < 4.78 is 0. The Labute approximate surface area is 96.6 Å². The molecule has 0 bridgehead atoms. The molecule has 0 spiro atoms. The summed E-state index contributed by atoms with van der Waals surface area (Å²) in [5, 5.41) is 4.79. The van der Waals surface area contributed by atoms with Crippen molar-refractivity contribution in [1.29, 1.82) is 0 Å². The molecule has 2 aromatic rings. The minimum atomic E-state index is 0.161. The van der Waals surface area contributed by atoms with Crippen LogP contribution in [0.2, 0.25) is 0 Å². The fourth-order valence-electron chi connectivity index (χ4n) is 1.31. The highest BCUT2D eigenvalue weighted by Gasteiger charge is 2.10. The second-order valence-corrected chi connectivity index (χ2v) is 5.49. The molecular weight excluding hydrogens is 226 g/mol. The zero-order valence-electron chi connectivity index (χ0n) is 8.61. The lowest BCUT2D eigenvalue weighted by molar-refractivity contribution is 0.0993. The first kappa shape index (κ1) is 10.5. The van der Waals surface area contributed by atoms with Crippen molar-refractivity contribution in [3.63, 3.8) is 0 Å². The second kappa shape index (κ2) is 4.24. The monoisotopic (exact) mass is 237 g/mol. The van der Waals surface area contributed by atoms with Crippen molar-refractivity contribution in [3.05, 3.63) is 38.0 Å². The summed E-state index contributed by atoms with van der Waals surface area (Å²) in [6, 6.07) is 1.94. The zero-order chi connectivity index (χ0) is 10.8. The van der Waals surface area contributed by atoms with Crippen molar-refractivity contribution >= 4 is 28.5 Å². The first-order valence-corrected chi connectivity index (χ1v) is 6.40. The average Bonchev–Trinajstić information content (AvgIpc) is 2.75. The first-order valence-electron chi connectivity index (χ1n) is 4.64. The number of hydrogen-bond acceptors (Lipinski definition) is 4. The molecule has 0 N–H and O–H groups in total. The van der Waals surface area contributed by atoms with Gasteiger partial charge in [-0.15, -0.1) is 22.7 Å². The van der Waals surface area contributed by atoms with Gasteiger partial charge in [0.25, 0.3) is 0 Å². The van der Waals surface area contributed by atoms with Crippen LogP contribution in [0, 0.1) is 13.8 Å². The highest BCUT2D eigenvalue weighted by Crippen LogP contribution is 2.17. The fraction of sp³-hybridized carbons (Fsp3) is 0.273. The minimum absolute atomic E-state index is 0.161. The van der Waals surface area contributed by atoms with E-state index in [-0.39, 0.29) is 5.78 Å². The van der Waals surface area contributed by atoms with E-state index in [2.05, 4.69) is 4.98 Å². The zero-order valence-corrected chi connectivity index (χ0v) is 10.2. The molecule has 0 saturated heterocycles. The van der Waals surface area contributed by atoms with E-state index in [1.165, 1.54) is 4.88 Å². The Morgan fingerprint density at radius 2 is 2.13 bits per heavy atom. The molecule has 0 unspecified atom stereocenters. The predicted molar refractivity (Wildman–Crippen MR) is 63.9 cm³/mol. The van der Waals surface area contributed by atoms with Crippen LogP contribution >= 0.6 is 22.7 Å². The molecule has 0 saturated carbocycles. The summed E-state index contributed by atoms with van der Waals surface area (Å²) in [5.74, 6) is 0.161. The van der Waals surface area contributed by atoms with Crippen LogP contribution < -0.4 is 0 Å². The molecule has 2 heterocycles. The lowest BCUT2D eigenvalue weighted by Gasteiger charge is -1.93. The number of rotatable bonds is 3. The Morgan fingerprint density at radius 3 is 2.67 bits per heavy atom. The molecule has 4 heteroatoms. The van der Waals surface area contributed by atoms with Gasteiger partial charge in [0, 0.05) is 26.9 Å². The molecule has 2 rings (SSSR count). The van der Waals surface area contributed by atoms with Crippen LogP contribution in [-0.2, 0) is 6.42 Å².